The van der Waals surface area contributed by atoms with Gasteiger partial charge in [-0.3, -0.25) is 9.78 Å². The fourth-order valence-corrected chi connectivity index (χ4v) is 3.26. The van der Waals surface area contributed by atoms with E-state index in [4.69, 9.17) is 0 Å². The number of aliphatic hydroxyl groups excluding tert-OH is 1. The monoisotopic (exact) mass is 325 g/mol. The summed E-state index contributed by atoms with van der Waals surface area (Å²) >= 11 is 0. The highest BCUT2D eigenvalue weighted by atomic mass is 19.1. The molecule has 0 spiro atoms. The summed E-state index contributed by atoms with van der Waals surface area (Å²) in [5.41, 5.74) is 1.27. The van der Waals surface area contributed by atoms with E-state index in [0.717, 1.165) is 5.56 Å². The Bertz CT molecular complexity index is 939. The molecule has 0 bridgehead atoms. The van der Waals surface area contributed by atoms with Crippen LogP contribution in [0.25, 0.3) is 10.9 Å². The first-order valence-corrected chi connectivity index (χ1v) is 7.81. The predicted molar refractivity (Wildman–Crippen MR) is 89.5 cm³/mol. The number of rotatable bonds is 2. The lowest BCUT2D eigenvalue weighted by atomic mass is 10.0. The quantitative estimate of drug-likeness (QED) is 0.759. The Balaban J connectivity index is 1.79. The molecule has 0 radical (unpaired) electrons. The van der Waals surface area contributed by atoms with Gasteiger partial charge in [0.15, 0.2) is 0 Å². The molecule has 1 fully saturated rings. The number of halogens is 1. The van der Waals surface area contributed by atoms with E-state index >= 15 is 0 Å². The number of nitrogens with one attached hydrogen (secondary N) is 1. The Labute approximate surface area is 137 Å². The van der Waals surface area contributed by atoms with Crippen molar-refractivity contribution in [2.24, 2.45) is 0 Å². The summed E-state index contributed by atoms with van der Waals surface area (Å²) in [6.45, 7) is 0.364. The molecule has 122 valence electrons. The van der Waals surface area contributed by atoms with Gasteiger partial charge in [0.05, 0.1) is 23.0 Å². The van der Waals surface area contributed by atoms with E-state index < -0.39 is 6.10 Å². The molecule has 1 aliphatic rings. The van der Waals surface area contributed by atoms with Crippen LogP contribution < -0.4 is 10.5 Å². The Morgan fingerprint density at radius 3 is 2.71 bits per heavy atom. The highest BCUT2D eigenvalue weighted by Crippen LogP contribution is 2.34. The molecule has 6 heteroatoms. The summed E-state index contributed by atoms with van der Waals surface area (Å²) in [7, 11) is 0. The predicted octanol–water partition coefficient (Wildman–Crippen LogP) is 2.37. The van der Waals surface area contributed by atoms with Gasteiger partial charge in [0, 0.05) is 6.54 Å². The van der Waals surface area contributed by atoms with Crippen molar-refractivity contribution in [1.29, 1.82) is 0 Å². The van der Waals surface area contributed by atoms with Gasteiger partial charge in [-0.05, 0) is 36.2 Å². The molecule has 2 atom stereocenters. The average Bonchev–Trinajstić information content (AvgIpc) is 2.97. The maximum atomic E-state index is 13.2. The van der Waals surface area contributed by atoms with E-state index in [-0.39, 0.29) is 17.4 Å². The fourth-order valence-electron chi connectivity index (χ4n) is 3.26. The zero-order valence-electron chi connectivity index (χ0n) is 12.8. The molecule has 2 heterocycles. The van der Waals surface area contributed by atoms with Crippen molar-refractivity contribution in [3.8, 4) is 0 Å². The Morgan fingerprint density at radius 1 is 1.17 bits per heavy atom. The fraction of sp³-hybridized carbons (Fsp3) is 0.222. The van der Waals surface area contributed by atoms with Crippen molar-refractivity contribution in [2.45, 2.75) is 18.6 Å². The zero-order valence-corrected chi connectivity index (χ0v) is 12.8. The van der Waals surface area contributed by atoms with Crippen molar-refractivity contribution < 1.29 is 9.50 Å². The minimum absolute atomic E-state index is 0.162. The highest BCUT2D eigenvalue weighted by Gasteiger charge is 2.33. The number of β-amino-alcohol motifs (C(OH)–C–C–N with tert-alkyl or cyclic N) is 1. The Kier molecular flexibility index (Phi) is 3.54. The van der Waals surface area contributed by atoms with Crippen LogP contribution in [0, 0.1) is 5.82 Å². The molecule has 0 aliphatic carbocycles. The van der Waals surface area contributed by atoms with Crippen LogP contribution in [0.15, 0.2) is 53.3 Å². The number of hydrogen-bond acceptors (Lipinski definition) is 4. The van der Waals surface area contributed by atoms with E-state index in [1.165, 1.54) is 12.1 Å². The Hall–Kier alpha value is -2.73. The average molecular weight is 325 g/mol. The molecule has 24 heavy (non-hydrogen) atoms. The SMILES string of the molecule is O=c1[nH]c(N2C[C@H](O)C[C@@H]2c2ccc(F)cc2)nc2ccccc12. The van der Waals surface area contributed by atoms with Gasteiger partial charge in [-0.1, -0.05) is 24.3 Å². The van der Waals surface area contributed by atoms with Gasteiger partial charge in [-0.25, -0.2) is 9.37 Å². The molecule has 2 N–H and O–H groups in total. The van der Waals surface area contributed by atoms with E-state index in [1.807, 2.05) is 11.0 Å². The molecule has 5 nitrogen and oxygen atoms in total. The minimum atomic E-state index is -0.531. The van der Waals surface area contributed by atoms with Crippen LogP contribution >= 0.6 is 0 Å². The number of aliphatic hydroxyl groups is 1. The number of benzene rings is 2. The molecule has 1 saturated heterocycles. The van der Waals surface area contributed by atoms with Crippen molar-refractivity contribution in [2.75, 3.05) is 11.4 Å². The maximum Gasteiger partial charge on any atom is 0.260 e. The second-order valence-electron chi connectivity index (χ2n) is 6.02. The van der Waals surface area contributed by atoms with Crippen LogP contribution in [0.5, 0.6) is 0 Å². The molecule has 3 aromatic rings. The van der Waals surface area contributed by atoms with Crippen LogP contribution in [0.4, 0.5) is 10.3 Å². The third kappa shape index (κ3) is 2.55. The van der Waals surface area contributed by atoms with Crippen molar-refractivity contribution in [3.05, 3.63) is 70.3 Å². The second-order valence-corrected chi connectivity index (χ2v) is 6.02. The number of anilines is 1. The molecule has 1 aliphatic heterocycles. The lowest BCUT2D eigenvalue weighted by molar-refractivity contribution is 0.194. The van der Waals surface area contributed by atoms with Gasteiger partial charge in [-0.15, -0.1) is 0 Å². The van der Waals surface area contributed by atoms with Crippen LogP contribution in [0.2, 0.25) is 0 Å². The van der Waals surface area contributed by atoms with E-state index in [2.05, 4.69) is 9.97 Å². The largest absolute Gasteiger partial charge is 0.391 e. The minimum Gasteiger partial charge on any atom is -0.391 e. The molecule has 2 aromatic carbocycles. The number of nitrogens with zero attached hydrogens (tertiary/aromatic N) is 2. The molecule has 0 amide bonds. The topological polar surface area (TPSA) is 69.2 Å². The van der Waals surface area contributed by atoms with Crippen LogP contribution in [0.3, 0.4) is 0 Å². The van der Waals surface area contributed by atoms with Crippen LogP contribution in [0.1, 0.15) is 18.0 Å². The lowest BCUT2D eigenvalue weighted by Gasteiger charge is -2.25. The Morgan fingerprint density at radius 2 is 1.92 bits per heavy atom. The smallest absolute Gasteiger partial charge is 0.260 e. The van der Waals surface area contributed by atoms with Gasteiger partial charge in [-0.2, -0.15) is 0 Å². The molecule has 0 saturated carbocycles. The molecule has 0 unspecified atom stereocenters. The van der Waals surface area contributed by atoms with Gasteiger partial charge in [0.2, 0.25) is 5.95 Å². The van der Waals surface area contributed by atoms with E-state index in [1.54, 1.807) is 30.3 Å². The third-order valence-corrected chi connectivity index (χ3v) is 4.41. The molecular formula is C18H16FN3O2. The van der Waals surface area contributed by atoms with Gasteiger partial charge < -0.3 is 10.0 Å². The first-order valence-electron chi connectivity index (χ1n) is 7.81. The second kappa shape index (κ2) is 5.72. The first kappa shape index (κ1) is 14.8. The summed E-state index contributed by atoms with van der Waals surface area (Å²) < 4.78 is 13.2. The maximum absolute atomic E-state index is 13.2. The van der Waals surface area contributed by atoms with Crippen molar-refractivity contribution in [1.82, 2.24) is 9.97 Å². The summed E-state index contributed by atoms with van der Waals surface area (Å²) in [4.78, 5) is 21.5. The number of hydrogen-bond donors (Lipinski definition) is 2. The number of aromatic nitrogens is 2. The summed E-state index contributed by atoms with van der Waals surface area (Å²) in [6.07, 6.45) is -0.0286. The summed E-state index contributed by atoms with van der Waals surface area (Å²) in [5, 5.41) is 10.6. The lowest BCUT2D eigenvalue weighted by Crippen LogP contribution is -2.28. The molecule has 4 rings (SSSR count). The third-order valence-electron chi connectivity index (χ3n) is 4.41. The van der Waals surface area contributed by atoms with Crippen LogP contribution in [-0.4, -0.2) is 27.7 Å². The molecule has 1 aromatic heterocycles. The van der Waals surface area contributed by atoms with Gasteiger partial charge >= 0.3 is 0 Å². The standard InChI is InChI=1S/C18H16FN3O2/c19-12-7-5-11(6-8-12)16-9-13(23)10-22(16)18-20-15-4-2-1-3-14(15)17(24)21-18/h1-8,13,16,23H,9-10H2,(H,20,21,24)/t13-,16-/m1/s1. The molecular weight excluding hydrogens is 309 g/mol. The summed E-state index contributed by atoms with van der Waals surface area (Å²) in [6, 6.07) is 13.2. The number of para-hydroxylation sites is 1. The van der Waals surface area contributed by atoms with Gasteiger partial charge in [0.25, 0.3) is 5.56 Å². The van der Waals surface area contributed by atoms with E-state index in [9.17, 15) is 14.3 Å². The summed E-state index contributed by atoms with van der Waals surface area (Å²) in [5.74, 6) is 0.116. The first-order chi connectivity index (χ1) is 11.6. The van der Waals surface area contributed by atoms with Crippen molar-refractivity contribution in [3.63, 3.8) is 0 Å². The number of fused-ring (bicyclic) bond motifs is 1. The number of H-pyrrole nitrogens is 1. The highest BCUT2D eigenvalue weighted by molar-refractivity contribution is 5.78. The van der Waals surface area contributed by atoms with Gasteiger partial charge in [0.1, 0.15) is 5.82 Å². The number of aromatic amines is 1. The normalized spacial score (nSPS) is 20.7. The van der Waals surface area contributed by atoms with Crippen molar-refractivity contribution >= 4 is 16.9 Å². The van der Waals surface area contributed by atoms with E-state index in [0.29, 0.717) is 29.8 Å². The van der Waals surface area contributed by atoms with Crippen LogP contribution in [-0.2, 0) is 0 Å². The zero-order chi connectivity index (χ0) is 16.7.